The topological polar surface area (TPSA) is 108 Å². The SMILES string of the molecule is COc1ccc(Cc2nnc(N3CC[C@H](O)C3)c3ccc(C#N)c(N)c23)cc1Cl.Cl. The van der Waals surface area contributed by atoms with E-state index in [-0.39, 0.29) is 18.5 Å². The van der Waals surface area contributed by atoms with E-state index in [4.69, 9.17) is 22.1 Å². The van der Waals surface area contributed by atoms with Crippen LogP contribution in [0.25, 0.3) is 10.8 Å². The van der Waals surface area contributed by atoms with Crippen LogP contribution in [0.5, 0.6) is 5.75 Å². The Hall–Kier alpha value is -2.79. The number of nitrogen functional groups attached to an aromatic ring is 1. The second-order valence-corrected chi connectivity index (χ2v) is 7.47. The van der Waals surface area contributed by atoms with Crippen LogP contribution in [0.1, 0.15) is 23.2 Å². The van der Waals surface area contributed by atoms with Gasteiger partial charge >= 0.3 is 0 Å². The molecule has 0 unspecified atom stereocenters. The van der Waals surface area contributed by atoms with E-state index in [2.05, 4.69) is 16.3 Å². The molecular formula is C21H21Cl2N5O2. The van der Waals surface area contributed by atoms with Crippen molar-refractivity contribution in [2.24, 2.45) is 0 Å². The molecule has 2 heterocycles. The first-order valence-electron chi connectivity index (χ1n) is 9.25. The third-order valence-electron chi connectivity index (χ3n) is 5.21. The van der Waals surface area contributed by atoms with Gasteiger partial charge in [-0.05, 0) is 36.2 Å². The molecule has 0 radical (unpaired) electrons. The molecule has 1 atom stereocenters. The first-order valence-corrected chi connectivity index (χ1v) is 9.63. The highest BCUT2D eigenvalue weighted by Crippen LogP contribution is 2.35. The lowest BCUT2D eigenvalue weighted by Crippen LogP contribution is -2.23. The van der Waals surface area contributed by atoms with E-state index in [1.165, 1.54) is 0 Å². The Morgan fingerprint density at radius 1 is 1.33 bits per heavy atom. The van der Waals surface area contributed by atoms with Crippen LogP contribution in [0, 0.1) is 11.3 Å². The molecular weight excluding hydrogens is 425 g/mol. The van der Waals surface area contributed by atoms with E-state index in [0.29, 0.717) is 64.9 Å². The average Bonchev–Trinajstić information content (AvgIpc) is 3.14. The van der Waals surface area contributed by atoms with Crippen molar-refractivity contribution in [3.8, 4) is 11.8 Å². The summed E-state index contributed by atoms with van der Waals surface area (Å²) in [6.45, 7) is 1.19. The van der Waals surface area contributed by atoms with Crippen LogP contribution in [0.3, 0.4) is 0 Å². The number of nitrogens with two attached hydrogens (primary N) is 1. The van der Waals surface area contributed by atoms with Crippen molar-refractivity contribution >= 4 is 46.3 Å². The van der Waals surface area contributed by atoms with E-state index in [1.807, 2.05) is 23.1 Å². The largest absolute Gasteiger partial charge is 0.495 e. The normalized spacial score (nSPS) is 15.7. The predicted octanol–water partition coefficient (Wildman–Crippen LogP) is 3.33. The van der Waals surface area contributed by atoms with Gasteiger partial charge < -0.3 is 20.5 Å². The lowest BCUT2D eigenvalue weighted by atomic mass is 10.00. The van der Waals surface area contributed by atoms with Crippen molar-refractivity contribution < 1.29 is 9.84 Å². The summed E-state index contributed by atoms with van der Waals surface area (Å²) in [5.41, 5.74) is 8.72. The van der Waals surface area contributed by atoms with Crippen LogP contribution < -0.4 is 15.4 Å². The lowest BCUT2D eigenvalue weighted by Gasteiger charge is -2.20. The summed E-state index contributed by atoms with van der Waals surface area (Å²) in [5.74, 6) is 1.27. The summed E-state index contributed by atoms with van der Waals surface area (Å²) in [6.07, 6.45) is 0.750. The number of nitriles is 1. The van der Waals surface area contributed by atoms with Gasteiger partial charge in [0, 0.05) is 30.3 Å². The fraction of sp³-hybridized carbons (Fsp3) is 0.286. The number of aliphatic hydroxyl groups is 1. The lowest BCUT2D eigenvalue weighted by molar-refractivity contribution is 0.198. The van der Waals surface area contributed by atoms with Crippen LogP contribution in [0.15, 0.2) is 30.3 Å². The van der Waals surface area contributed by atoms with Crippen LogP contribution in [0.2, 0.25) is 5.02 Å². The molecule has 3 aromatic rings. The van der Waals surface area contributed by atoms with Crippen molar-refractivity contribution in [3.05, 3.63) is 52.2 Å². The molecule has 1 aliphatic rings. The van der Waals surface area contributed by atoms with E-state index in [9.17, 15) is 10.4 Å². The molecule has 1 fully saturated rings. The second kappa shape index (κ2) is 8.92. The maximum absolute atomic E-state index is 9.91. The van der Waals surface area contributed by atoms with Gasteiger partial charge in [0.15, 0.2) is 5.82 Å². The number of halogens is 2. The third kappa shape index (κ3) is 3.94. The van der Waals surface area contributed by atoms with Gasteiger partial charge in [-0.25, -0.2) is 0 Å². The molecule has 1 aromatic heterocycles. The number of hydrogen-bond acceptors (Lipinski definition) is 7. The summed E-state index contributed by atoms with van der Waals surface area (Å²) in [4.78, 5) is 2.00. The fourth-order valence-corrected chi connectivity index (χ4v) is 4.01. The molecule has 0 saturated carbocycles. The van der Waals surface area contributed by atoms with E-state index in [0.717, 1.165) is 10.9 Å². The number of rotatable bonds is 4. The molecule has 0 amide bonds. The first kappa shape index (κ1) is 21.9. The van der Waals surface area contributed by atoms with Gasteiger partial charge in [0.2, 0.25) is 0 Å². The standard InChI is InChI=1S/C21H20ClN5O2.ClH/c1-29-18-5-2-12(8-16(18)22)9-17-19-15(4-3-13(10-23)20(19)24)21(26-25-17)27-7-6-14(28)11-27;/h2-5,8,14,28H,6-7,9,11,24H2,1H3;1H/t14-;/m0./s1. The number of hydrogen-bond donors (Lipinski definition) is 2. The number of ether oxygens (including phenoxy) is 1. The van der Waals surface area contributed by atoms with E-state index < -0.39 is 0 Å². The zero-order valence-corrected chi connectivity index (χ0v) is 17.9. The second-order valence-electron chi connectivity index (χ2n) is 7.07. The maximum atomic E-state index is 9.91. The summed E-state index contributed by atoms with van der Waals surface area (Å²) in [5, 5.41) is 30.3. The monoisotopic (exact) mass is 445 g/mol. The van der Waals surface area contributed by atoms with Crippen molar-refractivity contribution in [2.75, 3.05) is 30.8 Å². The van der Waals surface area contributed by atoms with Gasteiger partial charge in [0.25, 0.3) is 0 Å². The minimum absolute atomic E-state index is 0. The Morgan fingerprint density at radius 3 is 2.77 bits per heavy atom. The van der Waals surface area contributed by atoms with Crippen LogP contribution in [0.4, 0.5) is 11.5 Å². The number of nitrogens with zero attached hydrogens (tertiary/aromatic N) is 4. The Morgan fingerprint density at radius 2 is 2.13 bits per heavy atom. The minimum atomic E-state index is -0.385. The highest BCUT2D eigenvalue weighted by Gasteiger charge is 2.25. The summed E-state index contributed by atoms with van der Waals surface area (Å²) in [6, 6.07) is 11.2. The molecule has 30 heavy (non-hydrogen) atoms. The van der Waals surface area contributed by atoms with Crippen molar-refractivity contribution in [1.29, 1.82) is 5.26 Å². The van der Waals surface area contributed by atoms with Crippen LogP contribution >= 0.6 is 24.0 Å². The summed E-state index contributed by atoms with van der Waals surface area (Å²) in [7, 11) is 1.57. The number of fused-ring (bicyclic) bond motifs is 1. The van der Waals surface area contributed by atoms with Crippen LogP contribution in [-0.4, -0.2) is 41.6 Å². The fourth-order valence-electron chi connectivity index (χ4n) is 3.73. The van der Waals surface area contributed by atoms with E-state index in [1.54, 1.807) is 19.2 Å². The third-order valence-corrected chi connectivity index (χ3v) is 5.51. The number of aromatic nitrogens is 2. The Labute approximate surface area is 185 Å². The van der Waals surface area contributed by atoms with Gasteiger partial charge in [-0.2, -0.15) is 10.4 Å². The molecule has 156 valence electrons. The zero-order chi connectivity index (χ0) is 20.5. The Kier molecular flexibility index (Phi) is 6.52. The summed E-state index contributed by atoms with van der Waals surface area (Å²) >= 11 is 6.26. The Balaban J connectivity index is 0.00000256. The smallest absolute Gasteiger partial charge is 0.159 e. The molecule has 2 aromatic carbocycles. The number of methoxy groups -OCH3 is 1. The number of anilines is 2. The highest BCUT2D eigenvalue weighted by atomic mass is 35.5. The number of benzene rings is 2. The van der Waals surface area contributed by atoms with Gasteiger partial charge in [-0.15, -0.1) is 17.5 Å². The van der Waals surface area contributed by atoms with Gasteiger partial charge in [-0.3, -0.25) is 0 Å². The molecule has 3 N–H and O–H groups in total. The maximum Gasteiger partial charge on any atom is 0.159 e. The van der Waals surface area contributed by atoms with Gasteiger partial charge in [0.05, 0.1) is 35.2 Å². The molecule has 4 rings (SSSR count). The number of β-amino-alcohol motifs (C(OH)–C–C–N with tert-alkyl or cyclic N) is 1. The molecule has 1 aliphatic heterocycles. The number of aliphatic hydroxyl groups excluding tert-OH is 1. The van der Waals surface area contributed by atoms with E-state index >= 15 is 0 Å². The molecule has 1 saturated heterocycles. The summed E-state index contributed by atoms with van der Waals surface area (Å²) < 4.78 is 5.21. The molecule has 0 aliphatic carbocycles. The predicted molar refractivity (Wildman–Crippen MR) is 120 cm³/mol. The van der Waals surface area contributed by atoms with Gasteiger partial charge in [0.1, 0.15) is 11.8 Å². The minimum Gasteiger partial charge on any atom is -0.495 e. The Bertz CT molecular complexity index is 1130. The molecule has 7 nitrogen and oxygen atoms in total. The molecule has 0 bridgehead atoms. The first-order chi connectivity index (χ1) is 14.0. The molecule has 0 spiro atoms. The van der Waals surface area contributed by atoms with Crippen LogP contribution in [-0.2, 0) is 6.42 Å². The van der Waals surface area contributed by atoms with Crippen molar-refractivity contribution in [2.45, 2.75) is 18.9 Å². The zero-order valence-electron chi connectivity index (χ0n) is 16.3. The van der Waals surface area contributed by atoms with Gasteiger partial charge in [-0.1, -0.05) is 17.7 Å². The quantitative estimate of drug-likeness (QED) is 0.592. The average molecular weight is 446 g/mol. The highest BCUT2D eigenvalue weighted by molar-refractivity contribution is 6.32. The molecule has 9 heteroatoms. The van der Waals surface area contributed by atoms with Crippen molar-refractivity contribution in [3.63, 3.8) is 0 Å². The van der Waals surface area contributed by atoms with Crippen molar-refractivity contribution in [1.82, 2.24) is 10.2 Å².